The minimum Gasteiger partial charge on any atom is -0.464 e. The first-order valence-corrected chi connectivity index (χ1v) is 18.1. The number of hydrogen-bond acceptors (Lipinski definition) is 8. The number of fused-ring (bicyclic) bond motifs is 1. The molecule has 0 spiro atoms. The van der Waals surface area contributed by atoms with Gasteiger partial charge in [0.05, 0.1) is 37.1 Å². The number of carbonyl (C=O) groups is 1. The molecular formula is C39H62O8. The minimum absolute atomic E-state index is 0.0176. The molecule has 0 aromatic rings. The van der Waals surface area contributed by atoms with Crippen LogP contribution in [0.3, 0.4) is 0 Å². The number of ether oxygens (including phenoxy) is 6. The molecule has 3 aliphatic heterocycles. The normalized spacial score (nSPS) is 36.3. The van der Waals surface area contributed by atoms with E-state index in [0.29, 0.717) is 44.9 Å². The highest BCUT2D eigenvalue weighted by Crippen LogP contribution is 2.38. The Labute approximate surface area is 283 Å². The average molecular weight is 659 g/mol. The summed E-state index contributed by atoms with van der Waals surface area (Å²) in [6.45, 7) is 19.5. The van der Waals surface area contributed by atoms with Crippen LogP contribution in [-0.4, -0.2) is 79.9 Å². The standard InChI is InChI=1S/C39H62O8/c1-25(2)30(7)46-39(8)22-34(45-24-40)21-33(47-39)14-12-27(4)35(17-19-43-32-16-18-42-29(6)20-32)26(3)10-9-11-31-23-44-38-36(31)15-13-28(5)37(38)41/h9-13,24-26,29-30,32-38,41H,14-23H2,1-8H3/b10-9+,27-12+,31-11+/t26-,29?,30?,32?,33?,34?,35-,36?,37?,38?,39?/m0/s1. The van der Waals surface area contributed by atoms with Gasteiger partial charge in [-0.05, 0) is 95.6 Å². The van der Waals surface area contributed by atoms with Crippen molar-refractivity contribution in [2.75, 3.05) is 19.8 Å². The van der Waals surface area contributed by atoms with Gasteiger partial charge in [-0.1, -0.05) is 56.7 Å². The van der Waals surface area contributed by atoms with Crippen LogP contribution in [0, 0.1) is 23.7 Å². The van der Waals surface area contributed by atoms with E-state index in [1.807, 2.05) is 13.8 Å². The summed E-state index contributed by atoms with van der Waals surface area (Å²) in [5, 5.41) is 10.6. The fourth-order valence-corrected chi connectivity index (χ4v) is 7.59. The largest absolute Gasteiger partial charge is 0.464 e. The summed E-state index contributed by atoms with van der Waals surface area (Å²) >= 11 is 0. The Hall–Kier alpha value is -1.81. The third-order valence-electron chi connectivity index (χ3n) is 10.8. The van der Waals surface area contributed by atoms with Crippen molar-refractivity contribution in [3.63, 3.8) is 0 Å². The van der Waals surface area contributed by atoms with Gasteiger partial charge in [0.25, 0.3) is 6.47 Å². The summed E-state index contributed by atoms with van der Waals surface area (Å²) in [7, 11) is 0. The van der Waals surface area contributed by atoms with Gasteiger partial charge in [0.2, 0.25) is 0 Å². The summed E-state index contributed by atoms with van der Waals surface area (Å²) in [6.07, 6.45) is 16.2. The molecule has 0 aromatic heterocycles. The van der Waals surface area contributed by atoms with E-state index in [0.717, 1.165) is 37.9 Å². The second kappa shape index (κ2) is 17.7. The van der Waals surface area contributed by atoms with Gasteiger partial charge in [0, 0.05) is 32.0 Å². The first kappa shape index (κ1) is 38.0. The van der Waals surface area contributed by atoms with E-state index < -0.39 is 11.9 Å². The van der Waals surface area contributed by atoms with Crippen LogP contribution >= 0.6 is 0 Å². The number of aliphatic hydroxyl groups is 1. The molecule has 9 unspecified atom stereocenters. The molecular weight excluding hydrogens is 596 g/mol. The third-order valence-corrected chi connectivity index (χ3v) is 10.8. The maximum absolute atomic E-state index is 11.3. The predicted molar refractivity (Wildman–Crippen MR) is 184 cm³/mol. The number of aliphatic hydroxyl groups excluding tert-OH is 1. The lowest BCUT2D eigenvalue weighted by Gasteiger charge is -2.43. The average Bonchev–Trinajstić information content (AvgIpc) is 3.43. The maximum atomic E-state index is 11.3. The highest BCUT2D eigenvalue weighted by molar-refractivity contribution is 5.37. The van der Waals surface area contributed by atoms with Crippen LogP contribution in [0.1, 0.15) is 100 Å². The highest BCUT2D eigenvalue weighted by atomic mass is 16.7. The van der Waals surface area contributed by atoms with Gasteiger partial charge >= 0.3 is 0 Å². The van der Waals surface area contributed by atoms with Crippen molar-refractivity contribution in [3.05, 3.63) is 47.1 Å². The molecule has 47 heavy (non-hydrogen) atoms. The number of hydrogen-bond donors (Lipinski definition) is 1. The van der Waals surface area contributed by atoms with Gasteiger partial charge in [-0.2, -0.15) is 0 Å². The van der Waals surface area contributed by atoms with Gasteiger partial charge in [-0.3, -0.25) is 4.79 Å². The minimum atomic E-state index is -0.814. The molecule has 4 rings (SSSR count). The number of allylic oxidation sites excluding steroid dienone is 5. The van der Waals surface area contributed by atoms with Gasteiger partial charge in [-0.15, -0.1) is 0 Å². The zero-order valence-corrected chi connectivity index (χ0v) is 30.2. The second-order valence-electron chi connectivity index (χ2n) is 15.0. The van der Waals surface area contributed by atoms with Gasteiger partial charge in [-0.25, -0.2) is 0 Å². The first-order chi connectivity index (χ1) is 22.4. The lowest BCUT2D eigenvalue weighted by molar-refractivity contribution is -0.303. The number of carbonyl (C=O) groups excluding carboxylic acids is 1. The molecule has 266 valence electrons. The van der Waals surface area contributed by atoms with Gasteiger partial charge in [0.1, 0.15) is 12.2 Å². The Bertz CT molecular complexity index is 1130. The van der Waals surface area contributed by atoms with Crippen LogP contribution in [0.25, 0.3) is 0 Å². The molecule has 0 saturated carbocycles. The Morgan fingerprint density at radius 3 is 2.68 bits per heavy atom. The van der Waals surface area contributed by atoms with Gasteiger partial charge < -0.3 is 33.5 Å². The maximum Gasteiger partial charge on any atom is 0.293 e. The van der Waals surface area contributed by atoms with Crippen LogP contribution < -0.4 is 0 Å². The van der Waals surface area contributed by atoms with E-state index in [4.69, 9.17) is 28.4 Å². The fourth-order valence-electron chi connectivity index (χ4n) is 7.59. The smallest absolute Gasteiger partial charge is 0.293 e. The molecule has 3 fully saturated rings. The van der Waals surface area contributed by atoms with Crippen molar-refractivity contribution in [2.24, 2.45) is 23.7 Å². The number of rotatable bonds is 15. The summed E-state index contributed by atoms with van der Waals surface area (Å²) < 4.78 is 36.5. The van der Waals surface area contributed by atoms with Crippen molar-refractivity contribution in [1.82, 2.24) is 0 Å². The van der Waals surface area contributed by atoms with E-state index in [9.17, 15) is 9.90 Å². The highest BCUT2D eigenvalue weighted by Gasteiger charge is 2.42. The molecule has 0 bridgehead atoms. The molecule has 11 atom stereocenters. The van der Waals surface area contributed by atoms with E-state index in [-0.39, 0.29) is 54.4 Å². The SMILES string of the molecule is CC1=CCC2/C(=C/C=C/[C@H](C)[C@H](CCOC3CCOC(C)C3)/C(C)=C/CC3CC(OC=O)CC(C)(OC(C)C(C)C)O3)COC2C1O. The Morgan fingerprint density at radius 1 is 1.17 bits per heavy atom. The van der Waals surface area contributed by atoms with Crippen LogP contribution in [0.5, 0.6) is 0 Å². The Balaban J connectivity index is 1.45. The lowest BCUT2D eigenvalue weighted by Crippen LogP contribution is -2.48. The molecule has 0 radical (unpaired) electrons. The summed E-state index contributed by atoms with van der Waals surface area (Å²) in [5.74, 6) is 0.328. The molecule has 0 aromatic carbocycles. The molecule has 8 heteroatoms. The van der Waals surface area contributed by atoms with E-state index in [2.05, 4.69) is 71.9 Å². The Kier molecular flexibility index (Phi) is 14.3. The van der Waals surface area contributed by atoms with Crippen molar-refractivity contribution >= 4 is 6.47 Å². The Morgan fingerprint density at radius 2 is 1.96 bits per heavy atom. The van der Waals surface area contributed by atoms with Crippen molar-refractivity contribution in [3.8, 4) is 0 Å². The molecule has 1 aliphatic carbocycles. The van der Waals surface area contributed by atoms with E-state index in [1.54, 1.807) is 0 Å². The van der Waals surface area contributed by atoms with Crippen molar-refractivity contribution in [2.45, 2.75) is 149 Å². The molecule has 3 heterocycles. The zero-order chi connectivity index (χ0) is 34.1. The van der Waals surface area contributed by atoms with E-state index in [1.165, 1.54) is 11.1 Å². The first-order valence-electron chi connectivity index (χ1n) is 18.1. The van der Waals surface area contributed by atoms with Crippen LogP contribution in [0.4, 0.5) is 0 Å². The zero-order valence-electron chi connectivity index (χ0n) is 30.2. The second-order valence-corrected chi connectivity index (χ2v) is 15.0. The fraction of sp³-hybridized carbons (Fsp3) is 0.769. The quantitative estimate of drug-likeness (QED) is 0.145. The monoisotopic (exact) mass is 658 g/mol. The third kappa shape index (κ3) is 10.8. The molecule has 1 N–H and O–H groups in total. The topological polar surface area (TPSA) is 92.7 Å². The van der Waals surface area contributed by atoms with Crippen LogP contribution in [0.2, 0.25) is 0 Å². The lowest BCUT2D eigenvalue weighted by atomic mass is 9.82. The molecule has 3 saturated heterocycles. The summed E-state index contributed by atoms with van der Waals surface area (Å²) in [5.41, 5.74) is 3.56. The van der Waals surface area contributed by atoms with Crippen LogP contribution in [0.15, 0.2) is 47.1 Å². The summed E-state index contributed by atoms with van der Waals surface area (Å²) in [4.78, 5) is 11.3. The predicted octanol–water partition coefficient (Wildman–Crippen LogP) is 7.26. The van der Waals surface area contributed by atoms with Crippen molar-refractivity contribution in [1.29, 1.82) is 0 Å². The molecule has 8 nitrogen and oxygen atoms in total. The van der Waals surface area contributed by atoms with Gasteiger partial charge in [0.15, 0.2) is 5.79 Å². The van der Waals surface area contributed by atoms with E-state index >= 15 is 0 Å². The van der Waals surface area contributed by atoms with Crippen LogP contribution in [-0.2, 0) is 33.2 Å². The van der Waals surface area contributed by atoms with Crippen molar-refractivity contribution < 1.29 is 38.3 Å². The molecule has 0 amide bonds. The molecule has 4 aliphatic rings. The summed E-state index contributed by atoms with van der Waals surface area (Å²) in [6, 6.07) is 0.